The first-order chi connectivity index (χ1) is 15.6. The number of rotatable bonds is 6. The first-order valence-corrected chi connectivity index (χ1v) is 10.9. The second-order valence-corrected chi connectivity index (χ2v) is 9.23. The van der Waals surface area contributed by atoms with Gasteiger partial charge in [-0.05, 0) is 69.5 Å². The maximum absolute atomic E-state index is 6.41. The minimum Gasteiger partial charge on any atom is -0.493 e. The van der Waals surface area contributed by atoms with E-state index in [0.29, 0.717) is 29.4 Å². The van der Waals surface area contributed by atoms with Gasteiger partial charge in [0, 0.05) is 23.3 Å². The average molecular weight is 453 g/mol. The third-order valence-electron chi connectivity index (χ3n) is 6.35. The van der Waals surface area contributed by atoms with Crippen molar-refractivity contribution in [3.05, 3.63) is 46.5 Å². The van der Waals surface area contributed by atoms with Gasteiger partial charge < -0.3 is 28.4 Å². The molecule has 6 heteroatoms. The van der Waals surface area contributed by atoms with E-state index < -0.39 is 11.2 Å². The van der Waals surface area contributed by atoms with Gasteiger partial charge in [0.15, 0.2) is 23.0 Å². The second kappa shape index (κ2) is 8.25. The van der Waals surface area contributed by atoms with E-state index in [9.17, 15) is 0 Å². The highest BCUT2D eigenvalue weighted by Gasteiger charge is 2.37. The van der Waals surface area contributed by atoms with Crippen molar-refractivity contribution in [2.24, 2.45) is 0 Å². The fourth-order valence-electron chi connectivity index (χ4n) is 4.29. The summed E-state index contributed by atoms with van der Waals surface area (Å²) in [6.45, 7) is 8.32. The van der Waals surface area contributed by atoms with Crippen LogP contribution in [0.15, 0.2) is 35.4 Å². The molecule has 0 aromatic heterocycles. The Morgan fingerprint density at radius 2 is 0.909 bits per heavy atom. The molecule has 0 N–H and O–H groups in total. The molecule has 0 fully saturated rings. The van der Waals surface area contributed by atoms with E-state index in [-0.39, 0.29) is 0 Å². The van der Waals surface area contributed by atoms with Crippen LogP contribution < -0.4 is 28.4 Å². The first-order valence-electron chi connectivity index (χ1n) is 10.9. The molecule has 2 aliphatic heterocycles. The molecule has 2 aliphatic rings. The van der Waals surface area contributed by atoms with Gasteiger partial charge in [0.2, 0.25) is 0 Å². The summed E-state index contributed by atoms with van der Waals surface area (Å²) >= 11 is 0. The number of ether oxygens (including phenoxy) is 6. The number of hydrogen-bond acceptors (Lipinski definition) is 6. The molecule has 0 radical (unpaired) electrons. The fourth-order valence-corrected chi connectivity index (χ4v) is 4.29. The van der Waals surface area contributed by atoms with Gasteiger partial charge in [-0.15, -0.1) is 0 Å². The lowest BCUT2D eigenvalue weighted by Crippen LogP contribution is -2.37. The summed E-state index contributed by atoms with van der Waals surface area (Å²) in [4.78, 5) is 0. The number of hydrogen-bond donors (Lipinski definition) is 0. The molecule has 0 saturated carbocycles. The van der Waals surface area contributed by atoms with Crippen LogP contribution in [-0.2, 0) is 0 Å². The third kappa shape index (κ3) is 4.10. The van der Waals surface area contributed by atoms with Gasteiger partial charge in [-0.25, -0.2) is 0 Å². The van der Waals surface area contributed by atoms with Crippen LogP contribution in [0.4, 0.5) is 0 Å². The van der Waals surface area contributed by atoms with Gasteiger partial charge in [0.1, 0.15) is 22.7 Å². The van der Waals surface area contributed by atoms with Crippen LogP contribution in [0.1, 0.15) is 45.2 Å². The standard InChI is InChI=1S/C27H32O6/c1-26(2)18(9-16-11-22(28-5)24(30-7)14-20(16)32-26)13-19-10-17-12-23(29-6)25(31-8)15-21(17)33-27(19,3)4/h9-12,14-15H,13H2,1-8H3. The third-order valence-corrected chi connectivity index (χ3v) is 6.35. The smallest absolute Gasteiger partial charge is 0.164 e. The molecule has 33 heavy (non-hydrogen) atoms. The zero-order valence-corrected chi connectivity index (χ0v) is 20.6. The summed E-state index contributed by atoms with van der Waals surface area (Å²) in [7, 11) is 6.52. The quantitative estimate of drug-likeness (QED) is 0.542. The van der Waals surface area contributed by atoms with Gasteiger partial charge in [0.25, 0.3) is 0 Å². The molecule has 2 aromatic rings. The molecule has 2 aromatic carbocycles. The molecule has 0 spiro atoms. The molecule has 0 bridgehead atoms. The van der Waals surface area contributed by atoms with Crippen molar-refractivity contribution in [3.8, 4) is 34.5 Å². The zero-order chi connectivity index (χ0) is 24.0. The van der Waals surface area contributed by atoms with E-state index in [4.69, 9.17) is 28.4 Å². The Hall–Kier alpha value is -3.28. The van der Waals surface area contributed by atoms with Crippen molar-refractivity contribution in [2.75, 3.05) is 28.4 Å². The highest BCUT2D eigenvalue weighted by molar-refractivity contribution is 5.72. The van der Waals surface area contributed by atoms with Gasteiger partial charge in [-0.3, -0.25) is 0 Å². The van der Waals surface area contributed by atoms with Crippen molar-refractivity contribution >= 4 is 12.2 Å². The van der Waals surface area contributed by atoms with Crippen molar-refractivity contribution < 1.29 is 28.4 Å². The minimum absolute atomic E-state index is 0.499. The maximum Gasteiger partial charge on any atom is 0.164 e. The van der Waals surface area contributed by atoms with Crippen molar-refractivity contribution in [3.63, 3.8) is 0 Å². The summed E-state index contributed by atoms with van der Waals surface area (Å²) in [5.41, 5.74) is 3.22. The molecule has 0 amide bonds. The summed E-state index contributed by atoms with van der Waals surface area (Å²) in [6, 6.07) is 7.66. The van der Waals surface area contributed by atoms with Crippen molar-refractivity contribution in [2.45, 2.75) is 45.3 Å². The van der Waals surface area contributed by atoms with Crippen LogP contribution in [0.3, 0.4) is 0 Å². The Bertz CT molecular complexity index is 1050. The highest BCUT2D eigenvalue weighted by Crippen LogP contribution is 2.47. The summed E-state index contributed by atoms with van der Waals surface area (Å²) in [5, 5.41) is 0. The Morgan fingerprint density at radius 1 is 0.576 bits per heavy atom. The topological polar surface area (TPSA) is 55.4 Å². The molecule has 0 unspecified atom stereocenters. The van der Waals surface area contributed by atoms with Gasteiger partial charge in [-0.2, -0.15) is 0 Å². The van der Waals surface area contributed by atoms with Crippen LogP contribution >= 0.6 is 0 Å². The van der Waals surface area contributed by atoms with E-state index in [1.165, 1.54) is 0 Å². The molecular formula is C27H32O6. The van der Waals surface area contributed by atoms with E-state index in [1.807, 2.05) is 24.3 Å². The Balaban J connectivity index is 1.75. The van der Waals surface area contributed by atoms with E-state index in [1.54, 1.807) is 28.4 Å². The molecule has 0 atom stereocenters. The van der Waals surface area contributed by atoms with E-state index >= 15 is 0 Å². The van der Waals surface area contributed by atoms with Gasteiger partial charge in [0.05, 0.1) is 28.4 Å². The average Bonchev–Trinajstić information content (AvgIpc) is 2.77. The SMILES string of the molecule is COc1cc2c(cc1OC)OC(C)(C)C(CC1=Cc3cc(OC)c(OC)cc3OC1(C)C)=C2. The van der Waals surface area contributed by atoms with E-state index in [0.717, 1.165) is 33.8 Å². The lowest BCUT2D eigenvalue weighted by molar-refractivity contribution is 0.127. The molecule has 0 saturated heterocycles. The maximum atomic E-state index is 6.41. The summed E-state index contributed by atoms with van der Waals surface area (Å²) in [6.07, 6.45) is 5.06. The molecular weight excluding hydrogens is 420 g/mol. The molecule has 0 aliphatic carbocycles. The monoisotopic (exact) mass is 452 g/mol. The van der Waals surface area contributed by atoms with Crippen molar-refractivity contribution in [1.29, 1.82) is 0 Å². The molecule has 4 rings (SSSR count). The summed E-state index contributed by atoms with van der Waals surface area (Å²) < 4.78 is 34.7. The van der Waals surface area contributed by atoms with Crippen LogP contribution in [-0.4, -0.2) is 39.6 Å². The first kappa shape index (κ1) is 22.9. The summed E-state index contributed by atoms with van der Waals surface area (Å²) in [5.74, 6) is 4.19. The molecule has 2 heterocycles. The number of benzene rings is 2. The van der Waals surface area contributed by atoms with Gasteiger partial charge in [-0.1, -0.05) is 0 Å². The lowest BCUT2D eigenvalue weighted by Gasteiger charge is -2.39. The fraction of sp³-hybridized carbons (Fsp3) is 0.407. The highest BCUT2D eigenvalue weighted by atomic mass is 16.5. The molecule has 176 valence electrons. The molecule has 6 nitrogen and oxygen atoms in total. The Kier molecular flexibility index (Phi) is 5.72. The Morgan fingerprint density at radius 3 is 1.24 bits per heavy atom. The van der Waals surface area contributed by atoms with Crippen molar-refractivity contribution in [1.82, 2.24) is 0 Å². The Labute approximate surface area is 195 Å². The van der Waals surface area contributed by atoms with Crippen LogP contribution in [0.2, 0.25) is 0 Å². The zero-order valence-electron chi connectivity index (χ0n) is 20.6. The minimum atomic E-state index is -0.499. The number of fused-ring (bicyclic) bond motifs is 2. The number of methoxy groups -OCH3 is 4. The van der Waals surface area contributed by atoms with Crippen LogP contribution in [0, 0.1) is 0 Å². The van der Waals surface area contributed by atoms with E-state index in [2.05, 4.69) is 39.8 Å². The largest absolute Gasteiger partial charge is 0.493 e. The lowest BCUT2D eigenvalue weighted by atomic mass is 9.81. The van der Waals surface area contributed by atoms with Gasteiger partial charge >= 0.3 is 0 Å². The second-order valence-electron chi connectivity index (χ2n) is 9.23. The predicted octanol–water partition coefficient (Wildman–Crippen LogP) is 5.92. The normalized spacial score (nSPS) is 17.3. The van der Waals surface area contributed by atoms with Crippen LogP contribution in [0.5, 0.6) is 34.5 Å². The predicted molar refractivity (Wildman–Crippen MR) is 129 cm³/mol. The van der Waals surface area contributed by atoms with Crippen LogP contribution in [0.25, 0.3) is 12.2 Å².